The van der Waals surface area contributed by atoms with Crippen molar-refractivity contribution in [3.63, 3.8) is 0 Å². The van der Waals surface area contributed by atoms with Crippen LogP contribution in [0.15, 0.2) is 64.3 Å². The third kappa shape index (κ3) is 5.88. The molecule has 1 aliphatic rings. The summed E-state index contributed by atoms with van der Waals surface area (Å²) in [5.41, 5.74) is -0.0197. The van der Waals surface area contributed by atoms with E-state index in [0.717, 1.165) is 12.3 Å². The molecule has 218 valence electrons. The number of phenolic OH excluding ortho intramolecular Hbond substituents is 1. The smallest absolute Gasteiger partial charge is 0.337 e. The number of pyridine rings is 1. The van der Waals surface area contributed by atoms with Crippen LogP contribution in [0.3, 0.4) is 0 Å². The number of aromatic nitrogens is 3. The Morgan fingerprint density at radius 3 is 2.52 bits per heavy atom. The van der Waals surface area contributed by atoms with Crippen LogP contribution in [0.25, 0.3) is 27.8 Å². The van der Waals surface area contributed by atoms with Gasteiger partial charge in [-0.1, -0.05) is 12.1 Å². The number of carbonyl (C=O) groups excluding carboxylic acids is 2. The van der Waals surface area contributed by atoms with Crippen molar-refractivity contribution in [1.29, 1.82) is 0 Å². The number of aldehydes is 1. The molecule has 2 heterocycles. The molecule has 0 spiro atoms. The maximum atomic E-state index is 14.3. The molecule has 2 aromatic heterocycles. The summed E-state index contributed by atoms with van der Waals surface area (Å²) in [6.07, 6.45) is 4.09. The van der Waals surface area contributed by atoms with E-state index in [0.29, 0.717) is 48.8 Å². The first kappa shape index (κ1) is 28.9. The maximum absolute atomic E-state index is 14.3. The number of fused-ring (bicyclic) bond motifs is 1. The van der Waals surface area contributed by atoms with E-state index in [2.05, 4.69) is 4.98 Å². The number of hydrogen-bond donors (Lipinski definition) is 1. The van der Waals surface area contributed by atoms with Crippen LogP contribution in [0.2, 0.25) is 0 Å². The summed E-state index contributed by atoms with van der Waals surface area (Å²) in [6, 6.07) is 11.8. The normalized spacial score (nSPS) is 17.2. The highest BCUT2D eigenvalue weighted by atomic mass is 19.1. The van der Waals surface area contributed by atoms with Crippen LogP contribution in [-0.4, -0.2) is 37.1 Å². The van der Waals surface area contributed by atoms with E-state index >= 15 is 0 Å². The monoisotopic (exact) mass is 573 g/mol. The number of hydrogen-bond acceptors (Lipinski definition) is 7. The van der Waals surface area contributed by atoms with E-state index in [-0.39, 0.29) is 40.7 Å². The number of phenols is 1. The van der Waals surface area contributed by atoms with Gasteiger partial charge in [0.2, 0.25) is 0 Å². The zero-order valence-corrected chi connectivity index (χ0v) is 23.7. The molecular weight excluding hydrogens is 541 g/mol. The molecule has 0 radical (unpaired) electrons. The number of nitrogens with zero attached hydrogens (tertiary/aromatic N) is 3. The van der Waals surface area contributed by atoms with Crippen molar-refractivity contribution in [2.75, 3.05) is 0 Å². The van der Waals surface area contributed by atoms with Gasteiger partial charge in [0.05, 0.1) is 17.3 Å². The predicted molar refractivity (Wildman–Crippen MR) is 156 cm³/mol. The Hall–Kier alpha value is -4.60. The molecule has 4 aromatic rings. The fraction of sp³-hybridized carbons (Fsp3) is 0.344. The van der Waals surface area contributed by atoms with Crippen LogP contribution in [0.5, 0.6) is 5.75 Å². The van der Waals surface area contributed by atoms with Gasteiger partial charge in [0.25, 0.3) is 5.56 Å². The van der Waals surface area contributed by atoms with E-state index in [9.17, 15) is 28.7 Å². The summed E-state index contributed by atoms with van der Waals surface area (Å²) in [7, 11) is 0. The van der Waals surface area contributed by atoms with Crippen molar-refractivity contribution in [1.82, 2.24) is 14.1 Å². The van der Waals surface area contributed by atoms with Gasteiger partial charge in [-0.15, -0.1) is 0 Å². The molecule has 1 aliphatic carbocycles. The third-order valence-electron chi connectivity index (χ3n) is 7.53. The molecule has 9 nitrogen and oxygen atoms in total. The van der Waals surface area contributed by atoms with Gasteiger partial charge in [-0.3, -0.25) is 19.0 Å². The minimum absolute atomic E-state index is 0.0136. The fourth-order valence-electron chi connectivity index (χ4n) is 5.69. The highest BCUT2D eigenvalue weighted by molar-refractivity contribution is 5.88. The number of aromatic hydroxyl groups is 1. The second-order valence-corrected chi connectivity index (χ2v) is 11.7. The molecule has 0 unspecified atom stereocenters. The first-order valence-corrected chi connectivity index (χ1v) is 13.9. The second kappa shape index (κ2) is 11.3. The Bertz CT molecular complexity index is 1800. The van der Waals surface area contributed by atoms with Crippen molar-refractivity contribution in [2.45, 2.75) is 64.5 Å². The number of ether oxygens (including phenoxy) is 1. The van der Waals surface area contributed by atoms with Crippen molar-refractivity contribution >= 4 is 23.3 Å². The summed E-state index contributed by atoms with van der Waals surface area (Å²) in [5.74, 6) is -0.962. The maximum Gasteiger partial charge on any atom is 0.337 e. The average Bonchev–Trinajstić information content (AvgIpc) is 2.93. The first-order valence-electron chi connectivity index (χ1n) is 13.9. The van der Waals surface area contributed by atoms with E-state index in [1.807, 2.05) is 20.8 Å². The highest BCUT2D eigenvalue weighted by Crippen LogP contribution is 2.34. The first-order chi connectivity index (χ1) is 19.9. The summed E-state index contributed by atoms with van der Waals surface area (Å²) >= 11 is 0. The van der Waals surface area contributed by atoms with E-state index in [4.69, 9.17) is 4.74 Å². The number of carbonyl (C=O) groups is 2. The highest BCUT2D eigenvalue weighted by Gasteiger charge is 2.29. The molecular formula is C32H32FN3O6. The van der Waals surface area contributed by atoms with E-state index in [1.54, 1.807) is 30.3 Å². The molecule has 42 heavy (non-hydrogen) atoms. The van der Waals surface area contributed by atoms with Crippen LogP contribution in [0, 0.1) is 11.7 Å². The van der Waals surface area contributed by atoms with Gasteiger partial charge in [0.1, 0.15) is 17.2 Å². The van der Waals surface area contributed by atoms with E-state index in [1.165, 1.54) is 21.3 Å². The number of halogens is 1. The van der Waals surface area contributed by atoms with Crippen LogP contribution in [0.4, 0.5) is 4.39 Å². The number of benzene rings is 2. The van der Waals surface area contributed by atoms with Gasteiger partial charge in [-0.05, 0) is 99.9 Å². The largest absolute Gasteiger partial charge is 0.508 e. The van der Waals surface area contributed by atoms with Gasteiger partial charge in [-0.25, -0.2) is 18.7 Å². The number of esters is 1. The van der Waals surface area contributed by atoms with Crippen LogP contribution >= 0.6 is 0 Å². The van der Waals surface area contributed by atoms with Crippen molar-refractivity contribution < 1.29 is 23.8 Å². The molecule has 0 amide bonds. The van der Waals surface area contributed by atoms with Crippen LogP contribution in [0.1, 0.15) is 69.3 Å². The Kier molecular flexibility index (Phi) is 7.81. The third-order valence-corrected chi connectivity index (χ3v) is 7.53. The van der Waals surface area contributed by atoms with Gasteiger partial charge < -0.3 is 9.84 Å². The molecule has 2 aromatic carbocycles. The van der Waals surface area contributed by atoms with Crippen LogP contribution in [-0.2, 0) is 9.53 Å². The number of rotatable bonds is 6. The van der Waals surface area contributed by atoms with Gasteiger partial charge >= 0.3 is 11.7 Å². The molecule has 0 aliphatic heterocycles. The molecule has 0 atom stereocenters. The predicted octanol–water partition coefficient (Wildman–Crippen LogP) is 5.33. The van der Waals surface area contributed by atoms with Crippen LogP contribution < -0.4 is 11.2 Å². The van der Waals surface area contributed by atoms with E-state index < -0.39 is 28.7 Å². The fourth-order valence-corrected chi connectivity index (χ4v) is 5.69. The molecule has 0 saturated heterocycles. The summed E-state index contributed by atoms with van der Waals surface area (Å²) in [4.78, 5) is 55.8. The Morgan fingerprint density at radius 2 is 1.83 bits per heavy atom. The minimum atomic E-state index is -0.703. The topological polar surface area (TPSA) is 120 Å². The van der Waals surface area contributed by atoms with Gasteiger partial charge in [0, 0.05) is 18.0 Å². The van der Waals surface area contributed by atoms with Gasteiger partial charge in [0.15, 0.2) is 11.9 Å². The minimum Gasteiger partial charge on any atom is -0.508 e. The summed E-state index contributed by atoms with van der Waals surface area (Å²) in [5, 5.41) is 9.78. The zero-order chi connectivity index (χ0) is 30.2. The quantitative estimate of drug-likeness (QED) is 0.244. The molecule has 1 saturated carbocycles. The standard InChI is InChI=1S/C32H32FN3O6/c1-32(2,3)42-28(39)13-19-7-9-23(10-8-19)36-30(40)27-16-22(33)17-34-29(27)35(31(36)41)24-6-4-5-20(14-24)26-12-11-25(38)15-21(26)18-37/h4-6,11-12,14-19,23,38H,7-10,13H2,1-3H3. The molecule has 10 heteroatoms. The summed E-state index contributed by atoms with van der Waals surface area (Å²) < 4.78 is 22.2. The lowest BCUT2D eigenvalue weighted by Crippen LogP contribution is -2.43. The second-order valence-electron chi connectivity index (χ2n) is 11.7. The molecule has 0 bridgehead atoms. The lowest BCUT2D eigenvalue weighted by atomic mass is 9.84. The lowest BCUT2D eigenvalue weighted by Gasteiger charge is -2.30. The Morgan fingerprint density at radius 1 is 1.10 bits per heavy atom. The Balaban J connectivity index is 1.55. The van der Waals surface area contributed by atoms with Crippen molar-refractivity contribution in [3.8, 4) is 22.6 Å². The molecule has 5 rings (SSSR count). The van der Waals surface area contributed by atoms with Crippen molar-refractivity contribution in [2.24, 2.45) is 5.92 Å². The zero-order valence-electron chi connectivity index (χ0n) is 23.7. The molecule has 1 fully saturated rings. The van der Waals surface area contributed by atoms with Crippen molar-refractivity contribution in [3.05, 3.63) is 86.9 Å². The lowest BCUT2D eigenvalue weighted by molar-refractivity contribution is -0.156. The SMILES string of the molecule is CC(C)(C)OC(=O)CC1CCC(n2c(=O)c3cc(F)cnc3n(-c3cccc(-c4ccc(O)cc4C=O)c3)c2=O)CC1. The average molecular weight is 574 g/mol. The van der Waals surface area contributed by atoms with Gasteiger partial charge in [-0.2, -0.15) is 0 Å². The molecule has 1 N–H and O–H groups in total. The Labute approximate surface area is 241 Å². The summed E-state index contributed by atoms with van der Waals surface area (Å²) in [6.45, 7) is 5.45.